The van der Waals surface area contributed by atoms with Gasteiger partial charge in [0.25, 0.3) is 0 Å². The number of hydrogen-bond donors (Lipinski definition) is 3. The molecule has 0 spiro atoms. The molecule has 0 radical (unpaired) electrons. The van der Waals surface area contributed by atoms with E-state index in [0.29, 0.717) is 42.2 Å². The number of thiocarbonyl (C=S) groups is 1. The van der Waals surface area contributed by atoms with Crippen molar-refractivity contribution >= 4 is 163 Å². The monoisotopic (exact) mass is 1860 g/mol. The third-order valence-electron chi connectivity index (χ3n) is 17.0. The number of alkyl halides is 1. The molecule has 572 valence electrons. The van der Waals surface area contributed by atoms with E-state index in [1.54, 1.807) is 77.8 Å². The Kier molecular flexibility index (Phi) is 40.4. The average Bonchev–Trinajstić information content (AvgIpc) is 1.63. The number of carbonyl (C=O) groups excluding carboxylic acids is 3. The lowest BCUT2D eigenvalue weighted by Crippen LogP contribution is -2.41. The molecule has 1 saturated heterocycles. The molecule has 25 heteroatoms. The minimum Gasteiger partial charge on any atom is -0.399 e. The highest BCUT2D eigenvalue weighted by Gasteiger charge is 2.51. The SMILES string of the molecule is CCOC(CBr)OCC.Cc1ccc(-c2nccs2)cc1Br.Cc1ccc(C#N)cc1Br.Cc1ccc(C(N)=O)cc1Br.Cc1ccc(C(N)=S)cc1Br.Cc1cnccc1C(=O)Cc1ccc(-c2cc(-c3nccs3)ccc2C)cc1.Cc1cnccc1C(=O)Cc1ccc(B2OC(C)(C)C(C)(C)O2)cc1.N.S. The van der Waals surface area contributed by atoms with E-state index in [4.69, 9.17) is 47.7 Å². The number of pyridine rings is 2. The fourth-order valence-electron chi connectivity index (χ4n) is 9.90. The van der Waals surface area contributed by atoms with E-state index < -0.39 is 5.91 Å². The minimum atomic E-state index is -0.398. The number of aromatic nitrogens is 4. The quantitative estimate of drug-likeness (QED) is 0.0252. The van der Waals surface area contributed by atoms with Crippen molar-refractivity contribution in [1.82, 2.24) is 26.1 Å². The van der Waals surface area contributed by atoms with Crippen molar-refractivity contribution in [2.45, 2.75) is 120 Å². The molecule has 5 heterocycles. The van der Waals surface area contributed by atoms with Crippen LogP contribution in [0.25, 0.3) is 32.3 Å². The Hall–Kier alpha value is -7.10. The van der Waals surface area contributed by atoms with Gasteiger partial charge < -0.3 is 36.4 Å². The van der Waals surface area contributed by atoms with Gasteiger partial charge in [0.15, 0.2) is 17.9 Å². The van der Waals surface area contributed by atoms with Crippen molar-refractivity contribution in [3.8, 4) is 38.3 Å². The molecule has 0 unspecified atom stereocenters. The molecule has 0 bridgehead atoms. The van der Waals surface area contributed by atoms with Gasteiger partial charge in [0.05, 0.1) is 28.2 Å². The van der Waals surface area contributed by atoms with Gasteiger partial charge in [-0.2, -0.15) is 18.8 Å². The normalized spacial score (nSPS) is 11.9. The number of ether oxygens (including phenoxy) is 2. The summed E-state index contributed by atoms with van der Waals surface area (Å²) in [5.41, 5.74) is 28.7. The van der Waals surface area contributed by atoms with Crippen molar-refractivity contribution in [2.24, 2.45) is 11.5 Å². The molecule has 1 fully saturated rings. The van der Waals surface area contributed by atoms with Crippen LogP contribution in [0.4, 0.5) is 0 Å². The summed E-state index contributed by atoms with van der Waals surface area (Å²) in [6.07, 6.45) is 11.1. The number of Topliss-reactive ketones (excluding diaryl/α,β-unsaturated/α-hetero) is 2. The zero-order valence-electron chi connectivity index (χ0n) is 63.3. The van der Waals surface area contributed by atoms with Crippen LogP contribution in [0.3, 0.4) is 0 Å². The lowest BCUT2D eigenvalue weighted by Gasteiger charge is -2.32. The van der Waals surface area contributed by atoms with E-state index in [1.165, 1.54) is 27.8 Å². The Balaban J connectivity index is 0.000000281. The number of nitrogens with two attached hydrogens (primary N) is 2. The number of aryl methyl sites for hydroxylation is 7. The number of rotatable bonds is 17. The van der Waals surface area contributed by atoms with Crippen LogP contribution < -0.4 is 23.1 Å². The first-order valence-electron chi connectivity index (χ1n) is 34.0. The van der Waals surface area contributed by atoms with Crippen LogP contribution in [0.1, 0.15) is 134 Å². The summed E-state index contributed by atoms with van der Waals surface area (Å²) in [7, 11) is -0.378. The summed E-state index contributed by atoms with van der Waals surface area (Å²) in [6.45, 7) is 27.5. The lowest BCUT2D eigenvalue weighted by atomic mass is 9.78. The van der Waals surface area contributed by atoms with Crippen LogP contribution in [0.5, 0.6) is 0 Å². The van der Waals surface area contributed by atoms with Gasteiger partial charge in [-0.1, -0.05) is 189 Å². The van der Waals surface area contributed by atoms with Crippen molar-refractivity contribution in [3.05, 3.63) is 295 Å². The van der Waals surface area contributed by atoms with Crippen LogP contribution in [0.15, 0.2) is 217 Å². The number of ketones is 2. The molecule has 4 aromatic heterocycles. The van der Waals surface area contributed by atoms with Crippen molar-refractivity contribution < 1.29 is 33.2 Å². The van der Waals surface area contributed by atoms with Gasteiger partial charge in [0.1, 0.15) is 15.0 Å². The van der Waals surface area contributed by atoms with Gasteiger partial charge in [-0.3, -0.25) is 24.4 Å². The fraction of sp³-hybridized carbons (Fsp3) is 0.250. The molecule has 12 rings (SSSR count). The molecule has 11 aromatic rings. The van der Waals surface area contributed by atoms with E-state index in [0.717, 1.165) is 99.9 Å². The Morgan fingerprint density at radius 2 is 0.945 bits per heavy atom. The number of nitriles is 1. The number of nitrogens with zero attached hydrogens (tertiary/aromatic N) is 5. The maximum Gasteiger partial charge on any atom is 0.494 e. The summed E-state index contributed by atoms with van der Waals surface area (Å²) in [6, 6.07) is 51.2. The second-order valence-corrected chi connectivity index (χ2v) is 31.8. The Morgan fingerprint density at radius 1 is 0.541 bits per heavy atom. The predicted octanol–water partition coefficient (Wildman–Crippen LogP) is 21.8. The summed E-state index contributed by atoms with van der Waals surface area (Å²) < 4.78 is 26.5. The van der Waals surface area contributed by atoms with E-state index in [1.807, 2.05) is 172 Å². The maximum atomic E-state index is 12.6. The van der Waals surface area contributed by atoms with Gasteiger partial charge in [-0.25, -0.2) is 9.97 Å². The highest BCUT2D eigenvalue weighted by atomic mass is 79.9. The van der Waals surface area contributed by atoms with Gasteiger partial charge in [-0.05, 0) is 211 Å². The molecule has 1 aliphatic heterocycles. The van der Waals surface area contributed by atoms with Gasteiger partial charge in [0, 0.05) is 125 Å². The van der Waals surface area contributed by atoms with Crippen molar-refractivity contribution in [2.75, 3.05) is 18.5 Å². The molecule has 1 aliphatic rings. The van der Waals surface area contributed by atoms with Crippen LogP contribution in [-0.4, -0.2) is 85.6 Å². The van der Waals surface area contributed by atoms with Crippen molar-refractivity contribution in [1.29, 1.82) is 5.26 Å². The van der Waals surface area contributed by atoms with Crippen molar-refractivity contribution in [3.63, 3.8) is 0 Å². The maximum absolute atomic E-state index is 12.6. The second kappa shape index (κ2) is 46.7. The number of carbonyl (C=O) groups is 3. The van der Waals surface area contributed by atoms with Crippen LogP contribution in [-0.2, 0) is 31.6 Å². The largest absolute Gasteiger partial charge is 0.494 e. The van der Waals surface area contributed by atoms with Gasteiger partial charge in [0.2, 0.25) is 5.91 Å². The first-order chi connectivity index (χ1) is 50.9. The Morgan fingerprint density at radius 3 is 1.34 bits per heavy atom. The average molecular weight is 1860 g/mol. The third-order valence-corrected chi connectivity index (χ3v) is 22.8. The topological polar surface area (TPSA) is 251 Å². The first-order valence-corrected chi connectivity index (χ1v) is 40.5. The standard InChI is InChI=1S/C24H20N2OS.C20H24BNO3.C10H8BrNS.C8H8BrNO.C8H8BrNS.C8H6BrN.C6H13BrO2.H3N.H2S/c1-16-3-6-20(24-26-11-12-28-24)14-22(16)19-7-4-18(5-8-19)13-23(27)21-9-10-25-15-17(21)2;1-14-13-22-11-10-17(14)18(23)12-15-6-8-16(9-7-15)21-24-19(2,3)20(4,5)25-21;1-7-2-3-8(6-9(7)11)10-12-4-5-13-10;2*1-5-2-3-6(8(10)11)4-7(5)9;1-6-2-3-7(5-10)4-8(6)9;1-3-8-6(5-7)9-4-2;;/h3-12,14-15H,13H2,1-2H3;6-11,13H,12H2,1-5H3;2-6H,1H3;2*2-4H,1H3,(H2,10,11);2-4H,1H3;6H,3-5H2,1-2H3;1H3;1H2. The zero-order chi connectivity index (χ0) is 78.5. The Labute approximate surface area is 705 Å². The number of benzene rings is 7. The van der Waals surface area contributed by atoms with E-state index in [2.05, 4.69) is 168 Å². The number of amides is 1. The Bertz CT molecular complexity index is 4720. The van der Waals surface area contributed by atoms with Gasteiger partial charge >= 0.3 is 7.12 Å². The number of halogens is 5. The molecule has 7 N–H and O–H groups in total. The molecular weight excluding hydrogens is 1770 g/mol. The fourth-order valence-corrected chi connectivity index (χ4v) is 13.2. The summed E-state index contributed by atoms with van der Waals surface area (Å²) in [5, 5.41) is 15.3. The highest BCUT2D eigenvalue weighted by Crippen LogP contribution is 2.37. The van der Waals surface area contributed by atoms with E-state index in [-0.39, 0.29) is 55.8 Å². The first kappa shape index (κ1) is 94.3. The summed E-state index contributed by atoms with van der Waals surface area (Å²) in [4.78, 5) is 52.9. The van der Waals surface area contributed by atoms with E-state index >= 15 is 0 Å². The predicted molar refractivity (Wildman–Crippen MR) is 476 cm³/mol. The number of primary amides is 1. The molecule has 15 nitrogen and oxygen atoms in total. The third kappa shape index (κ3) is 29.5. The minimum absolute atomic E-state index is 0. The van der Waals surface area contributed by atoms with Crippen LogP contribution in [0.2, 0.25) is 0 Å². The highest BCUT2D eigenvalue weighted by molar-refractivity contribution is 9.11. The summed E-state index contributed by atoms with van der Waals surface area (Å²) in [5.74, 6) is -0.177. The molecule has 7 aromatic carbocycles. The van der Waals surface area contributed by atoms with Gasteiger partial charge in [-0.15, -0.1) is 22.7 Å². The molecule has 0 aliphatic carbocycles. The van der Waals surface area contributed by atoms with E-state index in [9.17, 15) is 14.4 Å². The number of thiazole rings is 2. The van der Waals surface area contributed by atoms with Crippen LogP contribution >= 0.6 is 128 Å². The molecule has 109 heavy (non-hydrogen) atoms. The lowest BCUT2D eigenvalue weighted by molar-refractivity contribution is -0.119. The zero-order valence-corrected chi connectivity index (χ0v) is 74.7. The number of hydrogen-bond acceptors (Lipinski definition) is 16. The summed E-state index contributed by atoms with van der Waals surface area (Å²) >= 11 is 24.9. The second-order valence-electron chi connectivity index (χ2n) is 25.5. The molecule has 1 amide bonds. The smallest absolute Gasteiger partial charge is 0.399 e. The molecule has 0 saturated carbocycles. The molecular formula is C84H92BBr5N8O7S4. The van der Waals surface area contributed by atoms with Crippen LogP contribution in [0, 0.1) is 59.8 Å². The molecule has 0 atom stereocenters.